The molecule has 20 heavy (non-hydrogen) atoms. The number of para-hydroxylation sites is 1. The van der Waals surface area contributed by atoms with Crippen molar-refractivity contribution in [1.29, 1.82) is 0 Å². The van der Waals surface area contributed by atoms with Gasteiger partial charge in [-0.1, -0.05) is 25.1 Å². The van der Waals surface area contributed by atoms with Crippen molar-refractivity contribution < 1.29 is 0 Å². The number of nitrogens with one attached hydrogen (secondary N) is 2. The van der Waals surface area contributed by atoms with Crippen molar-refractivity contribution in [3.8, 4) is 0 Å². The van der Waals surface area contributed by atoms with Crippen molar-refractivity contribution in [3.05, 3.63) is 47.7 Å². The Morgan fingerprint density at radius 2 is 2.15 bits per heavy atom. The van der Waals surface area contributed by atoms with Crippen LogP contribution in [0.15, 0.2) is 30.5 Å². The van der Waals surface area contributed by atoms with Crippen LogP contribution in [-0.4, -0.2) is 20.2 Å². The molecule has 5 nitrogen and oxygen atoms in total. The molecule has 0 fully saturated rings. The van der Waals surface area contributed by atoms with Crippen LogP contribution in [-0.2, 0) is 12.8 Å². The third kappa shape index (κ3) is 2.44. The number of fused-ring (bicyclic) bond motifs is 1. The van der Waals surface area contributed by atoms with Gasteiger partial charge in [-0.3, -0.25) is 5.10 Å². The van der Waals surface area contributed by atoms with Crippen LogP contribution in [0.4, 0.5) is 0 Å². The van der Waals surface area contributed by atoms with Crippen molar-refractivity contribution >= 4 is 10.9 Å². The largest absolute Gasteiger partial charge is 0.361 e. The molecule has 104 valence electrons. The van der Waals surface area contributed by atoms with Gasteiger partial charge in [0.15, 0.2) is 5.82 Å². The predicted molar refractivity (Wildman–Crippen MR) is 79.3 cm³/mol. The summed E-state index contributed by atoms with van der Waals surface area (Å²) in [6.07, 6.45) is 4.71. The molecule has 0 radical (unpaired) electrons. The fourth-order valence-corrected chi connectivity index (χ4v) is 2.45. The molecule has 2 aromatic heterocycles. The topological polar surface area (TPSA) is 83.4 Å². The van der Waals surface area contributed by atoms with E-state index in [0.717, 1.165) is 30.6 Å². The molecular weight excluding hydrogens is 250 g/mol. The number of H-pyrrole nitrogens is 2. The van der Waals surface area contributed by atoms with E-state index in [4.69, 9.17) is 5.73 Å². The first-order valence-corrected chi connectivity index (χ1v) is 6.99. The molecule has 0 amide bonds. The van der Waals surface area contributed by atoms with Gasteiger partial charge in [0.1, 0.15) is 5.82 Å². The lowest BCUT2D eigenvalue weighted by atomic mass is 10.1. The van der Waals surface area contributed by atoms with Crippen molar-refractivity contribution in [1.82, 2.24) is 20.2 Å². The summed E-state index contributed by atoms with van der Waals surface area (Å²) in [6.45, 7) is 2.12. The Kier molecular flexibility index (Phi) is 3.52. The van der Waals surface area contributed by atoms with Crippen LogP contribution < -0.4 is 5.73 Å². The zero-order valence-electron chi connectivity index (χ0n) is 11.6. The smallest absolute Gasteiger partial charge is 0.167 e. The number of rotatable bonds is 5. The van der Waals surface area contributed by atoms with E-state index in [1.54, 1.807) is 0 Å². The Balaban J connectivity index is 1.79. The molecule has 5 heteroatoms. The molecule has 0 unspecified atom stereocenters. The second-order valence-corrected chi connectivity index (χ2v) is 5.06. The second kappa shape index (κ2) is 5.46. The third-order valence-corrected chi connectivity index (χ3v) is 3.48. The van der Waals surface area contributed by atoms with Gasteiger partial charge in [0, 0.05) is 23.5 Å². The number of nitrogens with two attached hydrogens (primary N) is 1. The summed E-state index contributed by atoms with van der Waals surface area (Å²) in [4.78, 5) is 7.72. The first kappa shape index (κ1) is 12.9. The Morgan fingerprint density at radius 3 is 3.00 bits per heavy atom. The lowest BCUT2D eigenvalue weighted by Gasteiger charge is -2.06. The molecule has 0 saturated heterocycles. The zero-order chi connectivity index (χ0) is 13.9. The molecule has 0 bridgehead atoms. The summed E-state index contributed by atoms with van der Waals surface area (Å²) in [5.74, 6) is 1.61. The number of benzene rings is 1. The fraction of sp³-hybridized carbons (Fsp3) is 0.333. The summed E-state index contributed by atoms with van der Waals surface area (Å²) in [7, 11) is 0. The molecule has 3 aromatic rings. The van der Waals surface area contributed by atoms with Gasteiger partial charge in [0.25, 0.3) is 0 Å². The first-order valence-electron chi connectivity index (χ1n) is 6.99. The highest BCUT2D eigenvalue weighted by atomic mass is 15.2. The fourth-order valence-electron chi connectivity index (χ4n) is 2.45. The minimum absolute atomic E-state index is 0.184. The SMILES string of the molecule is CCCc1nc([C@H](N)Cc2c[nH]c3ccccc23)n[nH]1. The molecule has 0 aliphatic rings. The Morgan fingerprint density at radius 1 is 1.30 bits per heavy atom. The maximum Gasteiger partial charge on any atom is 0.167 e. The Labute approximate surface area is 117 Å². The van der Waals surface area contributed by atoms with Gasteiger partial charge in [0.2, 0.25) is 0 Å². The van der Waals surface area contributed by atoms with Gasteiger partial charge in [-0.25, -0.2) is 4.98 Å². The van der Waals surface area contributed by atoms with Gasteiger partial charge in [0.05, 0.1) is 6.04 Å². The molecule has 1 aromatic carbocycles. The number of hydrogen-bond donors (Lipinski definition) is 3. The number of aromatic nitrogens is 4. The van der Waals surface area contributed by atoms with Crippen LogP contribution in [0.2, 0.25) is 0 Å². The summed E-state index contributed by atoms with van der Waals surface area (Å²) in [5, 5.41) is 8.39. The summed E-state index contributed by atoms with van der Waals surface area (Å²) in [5.41, 5.74) is 8.57. The minimum Gasteiger partial charge on any atom is -0.361 e. The van der Waals surface area contributed by atoms with Gasteiger partial charge in [-0.05, 0) is 24.5 Å². The molecule has 0 aliphatic heterocycles. The highest BCUT2D eigenvalue weighted by molar-refractivity contribution is 5.83. The Bertz CT molecular complexity index is 697. The van der Waals surface area contributed by atoms with Crippen LogP contribution in [0, 0.1) is 0 Å². The van der Waals surface area contributed by atoms with Crippen LogP contribution in [0.1, 0.15) is 36.6 Å². The maximum absolute atomic E-state index is 6.23. The van der Waals surface area contributed by atoms with E-state index in [0.29, 0.717) is 5.82 Å². The van der Waals surface area contributed by atoms with Crippen molar-refractivity contribution in [3.63, 3.8) is 0 Å². The van der Waals surface area contributed by atoms with Crippen molar-refractivity contribution in [2.75, 3.05) is 0 Å². The molecule has 4 N–H and O–H groups in total. The standard InChI is InChI=1S/C15H19N5/c1-2-5-14-18-15(20-19-14)12(16)8-10-9-17-13-7-4-3-6-11(10)13/h3-4,6-7,9,12,17H,2,5,8,16H2,1H3,(H,18,19,20)/t12-/m1/s1. The highest BCUT2D eigenvalue weighted by Gasteiger charge is 2.14. The molecular formula is C15H19N5. The van der Waals surface area contributed by atoms with Crippen molar-refractivity contribution in [2.24, 2.45) is 5.73 Å². The van der Waals surface area contributed by atoms with E-state index in [1.807, 2.05) is 18.3 Å². The van der Waals surface area contributed by atoms with Gasteiger partial charge >= 0.3 is 0 Å². The minimum atomic E-state index is -0.184. The average molecular weight is 269 g/mol. The quantitative estimate of drug-likeness (QED) is 0.665. The second-order valence-electron chi connectivity index (χ2n) is 5.06. The molecule has 3 rings (SSSR count). The first-order chi connectivity index (χ1) is 9.78. The lowest BCUT2D eigenvalue weighted by Crippen LogP contribution is -2.15. The van der Waals surface area contributed by atoms with Crippen LogP contribution in [0.25, 0.3) is 10.9 Å². The number of nitrogens with zero attached hydrogens (tertiary/aromatic N) is 2. The summed E-state index contributed by atoms with van der Waals surface area (Å²) >= 11 is 0. The van der Waals surface area contributed by atoms with E-state index in [9.17, 15) is 0 Å². The molecule has 0 saturated carbocycles. The number of aromatic amines is 2. The van der Waals surface area contributed by atoms with Gasteiger partial charge < -0.3 is 10.7 Å². The van der Waals surface area contributed by atoms with E-state index in [2.05, 4.69) is 39.2 Å². The summed E-state index contributed by atoms with van der Waals surface area (Å²) < 4.78 is 0. The number of aryl methyl sites for hydroxylation is 1. The van der Waals surface area contributed by atoms with Crippen molar-refractivity contribution in [2.45, 2.75) is 32.2 Å². The normalized spacial score (nSPS) is 12.9. The average Bonchev–Trinajstić information content (AvgIpc) is 3.07. The summed E-state index contributed by atoms with van der Waals surface area (Å²) in [6, 6.07) is 8.05. The Hall–Kier alpha value is -2.14. The molecule has 0 aliphatic carbocycles. The van der Waals surface area contributed by atoms with E-state index < -0.39 is 0 Å². The molecule has 2 heterocycles. The lowest BCUT2D eigenvalue weighted by molar-refractivity contribution is 0.672. The number of hydrogen-bond acceptors (Lipinski definition) is 3. The van der Waals surface area contributed by atoms with Crippen LogP contribution in [0.5, 0.6) is 0 Å². The van der Waals surface area contributed by atoms with Crippen LogP contribution >= 0.6 is 0 Å². The van der Waals surface area contributed by atoms with Gasteiger partial charge in [-0.2, -0.15) is 5.10 Å². The third-order valence-electron chi connectivity index (χ3n) is 3.48. The van der Waals surface area contributed by atoms with Crippen LogP contribution in [0.3, 0.4) is 0 Å². The molecule has 1 atom stereocenters. The maximum atomic E-state index is 6.23. The van der Waals surface area contributed by atoms with E-state index in [-0.39, 0.29) is 6.04 Å². The monoisotopic (exact) mass is 269 g/mol. The zero-order valence-corrected chi connectivity index (χ0v) is 11.6. The van der Waals surface area contributed by atoms with Gasteiger partial charge in [-0.15, -0.1) is 0 Å². The highest BCUT2D eigenvalue weighted by Crippen LogP contribution is 2.21. The molecule has 0 spiro atoms. The van der Waals surface area contributed by atoms with E-state index >= 15 is 0 Å². The predicted octanol–water partition coefficient (Wildman–Crippen LogP) is 2.48. The van der Waals surface area contributed by atoms with E-state index in [1.165, 1.54) is 10.9 Å².